The zero-order valence-electron chi connectivity index (χ0n) is 18.5. The molecule has 0 amide bonds. The van der Waals surface area contributed by atoms with Crippen LogP contribution in [0.2, 0.25) is 0 Å². The summed E-state index contributed by atoms with van der Waals surface area (Å²) in [5, 5.41) is 6.88. The maximum absolute atomic E-state index is 5.71. The third-order valence-electron chi connectivity index (χ3n) is 5.84. The van der Waals surface area contributed by atoms with Crippen molar-refractivity contribution in [3.8, 4) is 5.88 Å². The van der Waals surface area contributed by atoms with Gasteiger partial charge in [0.25, 0.3) is 0 Å². The standard InChI is InChI=1S/C24H33N5O.HI/c1-18(21-6-5-7-22(14-21)29-12-3-4-13-29)28-24(25-2)27-16-20-10-11-23(26-15-20)30-17-19-8-9-19;/h5-7,10-11,14-15,18-19H,3-4,8-9,12-13,16-17H2,1-2H3,(H2,25,27,28);1H. The average molecular weight is 535 g/mol. The number of guanidine groups is 1. The van der Waals surface area contributed by atoms with E-state index < -0.39 is 0 Å². The van der Waals surface area contributed by atoms with Gasteiger partial charge in [0, 0.05) is 44.6 Å². The number of benzene rings is 1. The topological polar surface area (TPSA) is 61.8 Å². The molecule has 4 rings (SSSR count). The highest BCUT2D eigenvalue weighted by molar-refractivity contribution is 14.0. The van der Waals surface area contributed by atoms with E-state index in [1.807, 2.05) is 12.3 Å². The summed E-state index contributed by atoms with van der Waals surface area (Å²) in [4.78, 5) is 11.3. The number of hydrogen-bond donors (Lipinski definition) is 2. The lowest BCUT2D eigenvalue weighted by Gasteiger charge is -2.22. The fraction of sp³-hybridized carbons (Fsp3) is 0.500. The predicted octanol–water partition coefficient (Wildman–Crippen LogP) is 4.51. The molecule has 0 radical (unpaired) electrons. The van der Waals surface area contributed by atoms with Crippen LogP contribution in [-0.4, -0.2) is 37.7 Å². The van der Waals surface area contributed by atoms with Gasteiger partial charge in [0.1, 0.15) is 0 Å². The lowest BCUT2D eigenvalue weighted by molar-refractivity contribution is 0.288. The fourth-order valence-electron chi connectivity index (χ4n) is 3.72. The van der Waals surface area contributed by atoms with Gasteiger partial charge in [-0.3, -0.25) is 4.99 Å². The number of rotatable bonds is 8. The Balaban J connectivity index is 0.00000272. The molecule has 1 aliphatic carbocycles. The van der Waals surface area contributed by atoms with Crippen LogP contribution in [0, 0.1) is 5.92 Å². The summed E-state index contributed by atoms with van der Waals surface area (Å²) in [6.45, 7) is 5.94. The maximum atomic E-state index is 5.71. The van der Waals surface area contributed by atoms with Gasteiger partial charge in [0.15, 0.2) is 5.96 Å². The Morgan fingerprint density at radius 2 is 2.03 bits per heavy atom. The van der Waals surface area contributed by atoms with E-state index >= 15 is 0 Å². The minimum absolute atomic E-state index is 0. The van der Waals surface area contributed by atoms with Gasteiger partial charge < -0.3 is 20.3 Å². The van der Waals surface area contributed by atoms with E-state index in [1.165, 1.54) is 36.9 Å². The summed E-state index contributed by atoms with van der Waals surface area (Å²) in [6.07, 6.45) is 7.02. The molecule has 1 aromatic carbocycles. The van der Waals surface area contributed by atoms with Gasteiger partial charge in [-0.1, -0.05) is 18.2 Å². The first-order valence-corrected chi connectivity index (χ1v) is 11.1. The third-order valence-corrected chi connectivity index (χ3v) is 5.84. The van der Waals surface area contributed by atoms with E-state index in [0.717, 1.165) is 37.1 Å². The molecular weight excluding hydrogens is 501 g/mol. The summed E-state index contributed by atoms with van der Waals surface area (Å²) < 4.78 is 5.71. The van der Waals surface area contributed by atoms with Crippen LogP contribution >= 0.6 is 24.0 Å². The summed E-state index contributed by atoms with van der Waals surface area (Å²) in [5.41, 5.74) is 3.68. The van der Waals surface area contributed by atoms with E-state index in [9.17, 15) is 0 Å². The van der Waals surface area contributed by atoms with Crippen molar-refractivity contribution in [2.45, 2.75) is 45.2 Å². The predicted molar refractivity (Wildman–Crippen MR) is 138 cm³/mol. The molecule has 31 heavy (non-hydrogen) atoms. The van der Waals surface area contributed by atoms with Gasteiger partial charge >= 0.3 is 0 Å². The average Bonchev–Trinajstić information content (AvgIpc) is 3.46. The van der Waals surface area contributed by atoms with E-state index in [1.54, 1.807) is 7.05 Å². The van der Waals surface area contributed by atoms with E-state index in [4.69, 9.17) is 4.74 Å². The number of ether oxygens (including phenoxy) is 1. The molecule has 1 saturated carbocycles. The molecular formula is C24H34IN5O. The van der Waals surface area contributed by atoms with Crippen LogP contribution in [0.15, 0.2) is 47.6 Å². The fourth-order valence-corrected chi connectivity index (χ4v) is 3.72. The molecule has 1 atom stereocenters. The Morgan fingerprint density at radius 1 is 1.23 bits per heavy atom. The summed E-state index contributed by atoms with van der Waals surface area (Å²) in [5.74, 6) is 2.23. The lowest BCUT2D eigenvalue weighted by atomic mass is 10.1. The second-order valence-electron chi connectivity index (χ2n) is 8.34. The van der Waals surface area contributed by atoms with Crippen molar-refractivity contribution >= 4 is 35.6 Å². The van der Waals surface area contributed by atoms with Crippen molar-refractivity contribution in [1.82, 2.24) is 15.6 Å². The summed E-state index contributed by atoms with van der Waals surface area (Å²) in [7, 11) is 1.80. The minimum Gasteiger partial charge on any atom is -0.477 e. The van der Waals surface area contributed by atoms with Gasteiger partial charge in [0.05, 0.1) is 12.6 Å². The molecule has 1 unspecified atom stereocenters. The summed E-state index contributed by atoms with van der Waals surface area (Å²) in [6, 6.07) is 13.0. The van der Waals surface area contributed by atoms with E-state index in [2.05, 4.69) is 62.8 Å². The summed E-state index contributed by atoms with van der Waals surface area (Å²) >= 11 is 0. The lowest BCUT2D eigenvalue weighted by Crippen LogP contribution is -2.38. The van der Waals surface area contributed by atoms with Crippen LogP contribution in [-0.2, 0) is 6.54 Å². The Bertz CT molecular complexity index is 847. The number of anilines is 1. The Kier molecular flexibility index (Phi) is 8.80. The number of aromatic nitrogens is 1. The van der Waals surface area contributed by atoms with Gasteiger partial charge in [0.2, 0.25) is 5.88 Å². The first-order chi connectivity index (χ1) is 14.7. The van der Waals surface area contributed by atoms with Crippen molar-refractivity contribution in [3.63, 3.8) is 0 Å². The monoisotopic (exact) mass is 535 g/mol. The molecule has 2 N–H and O–H groups in total. The molecule has 2 aromatic rings. The Morgan fingerprint density at radius 3 is 2.71 bits per heavy atom. The van der Waals surface area contributed by atoms with Crippen molar-refractivity contribution < 1.29 is 4.74 Å². The first kappa shape index (κ1) is 23.6. The van der Waals surface area contributed by atoms with E-state index in [0.29, 0.717) is 12.4 Å². The SMILES string of the molecule is CN=C(NCc1ccc(OCC2CC2)nc1)NC(C)c1cccc(N2CCCC2)c1.I. The molecule has 2 aliphatic rings. The molecule has 2 heterocycles. The second-order valence-corrected chi connectivity index (χ2v) is 8.34. The van der Waals surface area contributed by atoms with Gasteiger partial charge in [-0.15, -0.1) is 24.0 Å². The van der Waals surface area contributed by atoms with Crippen LogP contribution in [0.5, 0.6) is 5.88 Å². The number of nitrogens with zero attached hydrogens (tertiary/aromatic N) is 3. The second kappa shape index (κ2) is 11.5. The Labute approximate surface area is 202 Å². The van der Waals surface area contributed by atoms with Crippen molar-refractivity contribution in [1.29, 1.82) is 0 Å². The van der Waals surface area contributed by atoms with Crippen molar-refractivity contribution in [2.24, 2.45) is 10.9 Å². The first-order valence-electron chi connectivity index (χ1n) is 11.1. The number of halogens is 1. The molecule has 168 valence electrons. The van der Waals surface area contributed by atoms with Crippen LogP contribution in [0.25, 0.3) is 0 Å². The van der Waals surface area contributed by atoms with Crippen LogP contribution in [0.4, 0.5) is 5.69 Å². The Hall–Kier alpha value is -2.03. The number of nitrogens with one attached hydrogen (secondary N) is 2. The van der Waals surface area contributed by atoms with E-state index in [-0.39, 0.29) is 30.0 Å². The molecule has 1 aromatic heterocycles. The van der Waals surface area contributed by atoms with Crippen molar-refractivity contribution in [2.75, 3.05) is 31.6 Å². The van der Waals surface area contributed by atoms with Gasteiger partial charge in [-0.05, 0) is 61.8 Å². The molecule has 0 bridgehead atoms. The van der Waals surface area contributed by atoms with Gasteiger partial charge in [-0.25, -0.2) is 4.98 Å². The quantitative estimate of drug-likeness (QED) is 0.296. The highest BCUT2D eigenvalue weighted by atomic mass is 127. The third kappa shape index (κ3) is 6.98. The molecule has 1 saturated heterocycles. The molecule has 1 aliphatic heterocycles. The largest absolute Gasteiger partial charge is 0.477 e. The number of hydrogen-bond acceptors (Lipinski definition) is 4. The van der Waals surface area contributed by atoms with Crippen molar-refractivity contribution in [3.05, 3.63) is 53.7 Å². The maximum Gasteiger partial charge on any atom is 0.213 e. The molecule has 6 nitrogen and oxygen atoms in total. The van der Waals surface area contributed by atoms with Crippen LogP contribution in [0.3, 0.4) is 0 Å². The highest BCUT2D eigenvalue weighted by Gasteiger charge is 2.22. The molecule has 0 spiro atoms. The van der Waals surface area contributed by atoms with Crippen LogP contribution in [0.1, 0.15) is 49.8 Å². The minimum atomic E-state index is 0. The zero-order valence-corrected chi connectivity index (χ0v) is 20.8. The van der Waals surface area contributed by atoms with Gasteiger partial charge in [-0.2, -0.15) is 0 Å². The zero-order chi connectivity index (χ0) is 20.8. The molecule has 7 heteroatoms. The number of pyridine rings is 1. The number of aliphatic imine (C=N–C) groups is 1. The smallest absolute Gasteiger partial charge is 0.213 e. The molecule has 2 fully saturated rings. The normalized spacial score (nSPS) is 17.1. The van der Waals surface area contributed by atoms with Crippen LogP contribution < -0.4 is 20.3 Å². The highest BCUT2D eigenvalue weighted by Crippen LogP contribution is 2.29.